The summed E-state index contributed by atoms with van der Waals surface area (Å²) in [6.45, 7) is 6.53. The van der Waals surface area contributed by atoms with Crippen molar-refractivity contribution in [3.63, 3.8) is 0 Å². The summed E-state index contributed by atoms with van der Waals surface area (Å²) < 4.78 is 3.26. The molecule has 4 heteroatoms. The lowest BCUT2D eigenvalue weighted by atomic mass is 10.1. The predicted octanol–water partition coefficient (Wildman–Crippen LogP) is 2.30. The predicted molar refractivity (Wildman–Crippen MR) is 60.5 cm³/mol. The molecule has 2 rings (SSSR count). The van der Waals surface area contributed by atoms with Gasteiger partial charge in [-0.25, -0.2) is 0 Å². The van der Waals surface area contributed by atoms with E-state index in [1.54, 1.807) is 0 Å². The van der Waals surface area contributed by atoms with Gasteiger partial charge in [0, 0.05) is 12.1 Å². The van der Waals surface area contributed by atoms with E-state index in [9.17, 15) is 0 Å². The zero-order valence-corrected chi connectivity index (χ0v) is 10.2. The average Bonchev–Trinajstić information content (AvgIpc) is 2.71. The molecule has 0 spiro atoms. The molecule has 2 heterocycles. The van der Waals surface area contributed by atoms with Crippen molar-refractivity contribution in [1.29, 1.82) is 0 Å². The van der Waals surface area contributed by atoms with Gasteiger partial charge in [-0.3, -0.25) is 4.68 Å². The molecule has 1 aromatic heterocycles. The van der Waals surface area contributed by atoms with E-state index in [1.807, 2.05) is 6.20 Å². The number of nitrogens with zero attached hydrogens (tertiary/aromatic N) is 2. The molecular weight excluding hydrogens is 242 g/mol. The summed E-state index contributed by atoms with van der Waals surface area (Å²) in [5.74, 6) is 0.535. The van der Waals surface area contributed by atoms with Crippen molar-refractivity contribution < 1.29 is 0 Å². The highest BCUT2D eigenvalue weighted by Gasteiger charge is 2.21. The number of hydrogen-bond acceptors (Lipinski definition) is 2. The Kier molecular flexibility index (Phi) is 2.93. The van der Waals surface area contributed by atoms with Crippen LogP contribution in [-0.4, -0.2) is 22.9 Å². The second-order valence-corrected chi connectivity index (χ2v) is 4.89. The quantitative estimate of drug-likeness (QED) is 0.882. The van der Waals surface area contributed by atoms with E-state index >= 15 is 0 Å². The first-order valence-corrected chi connectivity index (χ1v) is 5.93. The van der Waals surface area contributed by atoms with Gasteiger partial charge in [0.15, 0.2) is 0 Å². The molecule has 78 valence electrons. The molecule has 14 heavy (non-hydrogen) atoms. The molecule has 1 N–H and O–H groups in total. The van der Waals surface area contributed by atoms with Crippen molar-refractivity contribution in [3.05, 3.63) is 16.4 Å². The van der Waals surface area contributed by atoms with E-state index in [0.717, 1.165) is 17.7 Å². The van der Waals surface area contributed by atoms with Crippen molar-refractivity contribution in [1.82, 2.24) is 15.1 Å². The maximum atomic E-state index is 4.45. The maximum absolute atomic E-state index is 4.45. The first kappa shape index (κ1) is 10.2. The highest BCUT2D eigenvalue weighted by molar-refractivity contribution is 9.10. The number of rotatable bonds is 2. The Morgan fingerprint density at radius 2 is 2.43 bits per heavy atom. The Balaban J connectivity index is 2.26. The number of aromatic nitrogens is 2. The molecule has 0 radical (unpaired) electrons. The number of halogens is 1. The Bertz CT molecular complexity index is 313. The summed E-state index contributed by atoms with van der Waals surface area (Å²) >= 11 is 3.63. The highest BCUT2D eigenvalue weighted by Crippen LogP contribution is 2.28. The van der Waals surface area contributed by atoms with Crippen LogP contribution in [0.5, 0.6) is 0 Å². The zero-order chi connectivity index (χ0) is 10.1. The van der Waals surface area contributed by atoms with Crippen LogP contribution in [0.3, 0.4) is 0 Å². The molecule has 1 aliphatic heterocycles. The molecular formula is C10H16BrN3. The molecule has 1 saturated heterocycles. The van der Waals surface area contributed by atoms with Crippen LogP contribution >= 0.6 is 15.9 Å². The van der Waals surface area contributed by atoms with E-state index in [4.69, 9.17) is 0 Å². The highest BCUT2D eigenvalue weighted by atomic mass is 79.9. The first-order chi connectivity index (χ1) is 6.70. The van der Waals surface area contributed by atoms with Gasteiger partial charge in [0.1, 0.15) is 4.60 Å². The van der Waals surface area contributed by atoms with Gasteiger partial charge in [-0.1, -0.05) is 13.8 Å². The third kappa shape index (κ3) is 1.73. The lowest BCUT2D eigenvalue weighted by Gasteiger charge is -2.11. The molecule has 0 saturated carbocycles. The minimum atomic E-state index is 0.525. The fraction of sp³-hybridized carbons (Fsp3) is 0.700. The Hall–Kier alpha value is -0.350. The SMILES string of the molecule is CC(C)c1cnn(C2CCNC2)c1Br. The van der Waals surface area contributed by atoms with Gasteiger partial charge in [-0.05, 0) is 34.8 Å². The van der Waals surface area contributed by atoms with Gasteiger partial charge in [-0.2, -0.15) is 5.10 Å². The van der Waals surface area contributed by atoms with Crippen LogP contribution < -0.4 is 5.32 Å². The monoisotopic (exact) mass is 257 g/mol. The summed E-state index contributed by atoms with van der Waals surface area (Å²) in [6.07, 6.45) is 3.16. The minimum Gasteiger partial charge on any atom is -0.315 e. The van der Waals surface area contributed by atoms with Crippen LogP contribution in [0.2, 0.25) is 0 Å². The molecule has 1 fully saturated rings. The summed E-state index contributed by atoms with van der Waals surface area (Å²) in [5, 5.41) is 7.80. The fourth-order valence-electron chi connectivity index (χ4n) is 1.85. The Morgan fingerprint density at radius 3 is 2.93 bits per heavy atom. The van der Waals surface area contributed by atoms with Crippen molar-refractivity contribution in [2.75, 3.05) is 13.1 Å². The lowest BCUT2D eigenvalue weighted by molar-refractivity contribution is 0.480. The largest absolute Gasteiger partial charge is 0.315 e. The molecule has 1 aromatic rings. The molecule has 3 nitrogen and oxygen atoms in total. The summed E-state index contributed by atoms with van der Waals surface area (Å²) in [6, 6.07) is 0.525. The van der Waals surface area contributed by atoms with Crippen LogP contribution in [0, 0.1) is 0 Å². The number of nitrogens with one attached hydrogen (secondary N) is 1. The van der Waals surface area contributed by atoms with Gasteiger partial charge in [0.05, 0.1) is 12.2 Å². The third-order valence-corrected chi connectivity index (χ3v) is 3.58. The van der Waals surface area contributed by atoms with E-state index in [-0.39, 0.29) is 0 Å². The van der Waals surface area contributed by atoms with Crippen molar-refractivity contribution in [2.45, 2.75) is 32.2 Å². The second kappa shape index (κ2) is 4.03. The molecule has 0 aromatic carbocycles. The molecule has 1 atom stereocenters. The van der Waals surface area contributed by atoms with E-state index < -0.39 is 0 Å². The molecule has 0 bridgehead atoms. The summed E-state index contributed by atoms with van der Waals surface area (Å²) in [4.78, 5) is 0. The Labute approximate surface area is 93.0 Å². The lowest BCUT2D eigenvalue weighted by Crippen LogP contribution is -2.14. The van der Waals surface area contributed by atoms with E-state index in [1.165, 1.54) is 12.0 Å². The zero-order valence-electron chi connectivity index (χ0n) is 8.63. The summed E-state index contributed by atoms with van der Waals surface area (Å²) in [5.41, 5.74) is 1.30. The minimum absolute atomic E-state index is 0.525. The van der Waals surface area contributed by atoms with Gasteiger partial charge < -0.3 is 5.32 Å². The second-order valence-electron chi connectivity index (χ2n) is 4.14. The summed E-state index contributed by atoms with van der Waals surface area (Å²) in [7, 11) is 0. The van der Waals surface area contributed by atoms with Gasteiger partial charge in [0.2, 0.25) is 0 Å². The third-order valence-electron chi connectivity index (χ3n) is 2.76. The van der Waals surface area contributed by atoms with Gasteiger partial charge >= 0.3 is 0 Å². The van der Waals surface area contributed by atoms with Crippen LogP contribution in [0.25, 0.3) is 0 Å². The van der Waals surface area contributed by atoms with Crippen molar-refractivity contribution in [2.24, 2.45) is 0 Å². The van der Waals surface area contributed by atoms with Crippen LogP contribution in [-0.2, 0) is 0 Å². The topological polar surface area (TPSA) is 29.9 Å². The molecule has 0 amide bonds. The van der Waals surface area contributed by atoms with Gasteiger partial charge in [-0.15, -0.1) is 0 Å². The molecule has 1 aliphatic rings. The van der Waals surface area contributed by atoms with E-state index in [0.29, 0.717) is 12.0 Å². The van der Waals surface area contributed by atoms with Gasteiger partial charge in [0.25, 0.3) is 0 Å². The molecule has 0 aliphatic carbocycles. The average molecular weight is 258 g/mol. The van der Waals surface area contributed by atoms with Crippen LogP contribution in [0.1, 0.15) is 37.8 Å². The number of hydrogen-bond donors (Lipinski definition) is 1. The molecule has 1 unspecified atom stereocenters. The first-order valence-electron chi connectivity index (χ1n) is 5.13. The Morgan fingerprint density at radius 1 is 1.64 bits per heavy atom. The fourth-order valence-corrected chi connectivity index (χ4v) is 2.79. The standard InChI is InChI=1S/C10H16BrN3/c1-7(2)9-6-13-14(10(9)11)8-3-4-12-5-8/h6-8,12H,3-5H2,1-2H3. The normalized spacial score (nSPS) is 22.1. The smallest absolute Gasteiger partial charge is 0.107 e. The van der Waals surface area contributed by atoms with Crippen molar-refractivity contribution >= 4 is 15.9 Å². The van der Waals surface area contributed by atoms with Crippen molar-refractivity contribution in [3.8, 4) is 0 Å². The van der Waals surface area contributed by atoms with Crippen LogP contribution in [0.4, 0.5) is 0 Å². The van der Waals surface area contributed by atoms with E-state index in [2.05, 4.69) is 44.9 Å². The van der Waals surface area contributed by atoms with Crippen LogP contribution in [0.15, 0.2) is 10.8 Å². The maximum Gasteiger partial charge on any atom is 0.107 e.